The van der Waals surface area contributed by atoms with Crippen molar-refractivity contribution in [2.24, 2.45) is 0 Å². The van der Waals surface area contributed by atoms with Gasteiger partial charge < -0.3 is 20.3 Å². The summed E-state index contributed by atoms with van der Waals surface area (Å²) in [7, 11) is -0.917. The van der Waals surface area contributed by atoms with Gasteiger partial charge in [-0.05, 0) is 52.8 Å². The molecule has 2 aromatic carbocycles. The Balaban J connectivity index is 1.30. The third-order valence-corrected chi connectivity index (χ3v) is 5.17. The summed E-state index contributed by atoms with van der Waals surface area (Å²) in [5.74, 6) is -0.303. The molecule has 156 valence electrons. The lowest BCUT2D eigenvalue weighted by atomic mass is 9.75. The lowest BCUT2D eigenvalue weighted by Gasteiger charge is -2.10. The molecule has 0 atom stereocenters. The topological polar surface area (TPSA) is 101 Å². The summed E-state index contributed by atoms with van der Waals surface area (Å²) >= 11 is 0. The van der Waals surface area contributed by atoms with Gasteiger partial charge in [0.15, 0.2) is 0 Å². The minimum Gasteiger partial charge on any atom is -0.423 e. The predicted molar refractivity (Wildman–Crippen MR) is 118 cm³/mol. The first-order valence-corrected chi connectivity index (χ1v) is 10.1. The van der Waals surface area contributed by atoms with Gasteiger partial charge in [-0.2, -0.15) is 0 Å². The number of nitrogens with one attached hydrogen (secondary N) is 2. The van der Waals surface area contributed by atoms with E-state index in [1.165, 1.54) is 0 Å². The van der Waals surface area contributed by atoms with Crippen LogP contribution in [0, 0.1) is 0 Å². The van der Waals surface area contributed by atoms with Crippen molar-refractivity contribution in [1.29, 1.82) is 0 Å². The molecule has 0 aliphatic carbocycles. The molecule has 4 rings (SSSR count). The Bertz CT molecular complexity index is 1090. The highest BCUT2D eigenvalue weighted by molar-refractivity contribution is 6.62. The monoisotopic (exact) mass is 415 g/mol. The van der Waals surface area contributed by atoms with Crippen LogP contribution in [-0.4, -0.2) is 28.9 Å². The first kappa shape index (κ1) is 20.8. The van der Waals surface area contributed by atoms with Gasteiger partial charge in [0.1, 0.15) is 0 Å². The number of anilines is 1. The van der Waals surface area contributed by atoms with Crippen LogP contribution in [-0.2, 0) is 29.0 Å². The quantitative estimate of drug-likeness (QED) is 0.511. The van der Waals surface area contributed by atoms with Crippen LogP contribution >= 0.6 is 0 Å². The minimum atomic E-state index is -0.917. The molecule has 7 nitrogen and oxygen atoms in total. The lowest BCUT2D eigenvalue weighted by molar-refractivity contribution is -0.121. The van der Waals surface area contributed by atoms with Crippen LogP contribution in [0.3, 0.4) is 0 Å². The van der Waals surface area contributed by atoms with Crippen molar-refractivity contribution in [1.82, 2.24) is 10.3 Å². The summed E-state index contributed by atoms with van der Waals surface area (Å²) in [5.41, 5.74) is 4.74. The number of rotatable bonds is 7. The number of hydrogen-bond acceptors (Lipinski definition) is 5. The van der Waals surface area contributed by atoms with E-state index in [9.17, 15) is 14.6 Å². The number of aryl methyl sites for hydroxylation is 1. The van der Waals surface area contributed by atoms with Gasteiger partial charge in [-0.15, -0.1) is 0 Å². The highest BCUT2D eigenvalue weighted by atomic mass is 16.5. The number of hydrogen-bond donors (Lipinski definition) is 3. The van der Waals surface area contributed by atoms with Gasteiger partial charge in [0, 0.05) is 36.6 Å². The fraction of sp³-hybridized carbons (Fsp3) is 0.174. The predicted octanol–water partition coefficient (Wildman–Crippen LogP) is 1.80. The second kappa shape index (κ2) is 9.55. The third-order valence-electron chi connectivity index (χ3n) is 5.17. The number of pyridine rings is 1. The zero-order valence-corrected chi connectivity index (χ0v) is 16.9. The molecule has 8 heteroatoms. The maximum atomic E-state index is 12.3. The van der Waals surface area contributed by atoms with Crippen LogP contribution in [0.1, 0.15) is 33.5 Å². The van der Waals surface area contributed by atoms with E-state index in [1.807, 2.05) is 36.4 Å². The fourth-order valence-corrected chi connectivity index (χ4v) is 3.58. The number of nitrogens with zero attached hydrogens (tertiary/aromatic N) is 1. The van der Waals surface area contributed by atoms with Gasteiger partial charge in [0.25, 0.3) is 5.91 Å². The first-order chi connectivity index (χ1) is 15.1. The Morgan fingerprint density at radius 3 is 2.74 bits per heavy atom. The molecule has 0 unspecified atom stereocenters. The summed E-state index contributed by atoms with van der Waals surface area (Å²) < 4.78 is 5.26. The van der Waals surface area contributed by atoms with E-state index >= 15 is 0 Å². The van der Waals surface area contributed by atoms with Crippen LogP contribution in [0.5, 0.6) is 0 Å². The van der Waals surface area contributed by atoms with Gasteiger partial charge in [-0.25, -0.2) is 0 Å². The minimum absolute atomic E-state index is 0.0859. The number of fused-ring (bicyclic) bond motifs is 1. The second-order valence-electron chi connectivity index (χ2n) is 7.32. The summed E-state index contributed by atoms with van der Waals surface area (Å²) in [6.45, 7) is 0.751. The van der Waals surface area contributed by atoms with Crippen molar-refractivity contribution in [2.45, 2.75) is 26.0 Å². The Morgan fingerprint density at radius 2 is 1.90 bits per heavy atom. The Kier molecular flexibility index (Phi) is 6.40. The van der Waals surface area contributed by atoms with E-state index in [1.54, 1.807) is 30.6 Å². The fourth-order valence-electron chi connectivity index (χ4n) is 3.58. The Hall–Kier alpha value is -3.49. The SMILES string of the molecule is O=C(CCc1cccc2c1B(O)OC2)NCc1cccc(NC(=O)c2ccncc2)c1. The number of aromatic nitrogens is 1. The molecular formula is C23H22BN3O4. The number of carbonyl (C=O) groups excluding carboxylic acids is 2. The van der Waals surface area contributed by atoms with Gasteiger partial charge in [-0.1, -0.05) is 30.3 Å². The standard InChI is InChI=1S/C23H22BN3O4/c28-21(8-7-17-4-2-5-19-15-31-24(30)22(17)19)26-14-16-3-1-6-20(13-16)27-23(29)18-9-11-25-12-10-18/h1-6,9-13,30H,7-8,14-15H2,(H,26,28)(H,27,29). The molecule has 1 aromatic heterocycles. The highest BCUT2D eigenvalue weighted by Gasteiger charge is 2.29. The van der Waals surface area contributed by atoms with E-state index in [0.717, 1.165) is 22.2 Å². The molecule has 0 bridgehead atoms. The van der Waals surface area contributed by atoms with Crippen LogP contribution < -0.4 is 16.1 Å². The summed E-state index contributed by atoms with van der Waals surface area (Å²) in [6, 6.07) is 16.4. The molecule has 2 heterocycles. The van der Waals surface area contributed by atoms with Crippen molar-refractivity contribution in [3.05, 3.63) is 89.2 Å². The summed E-state index contributed by atoms with van der Waals surface area (Å²) in [4.78, 5) is 28.5. The lowest BCUT2D eigenvalue weighted by Crippen LogP contribution is -2.32. The molecule has 0 saturated heterocycles. The van der Waals surface area contributed by atoms with E-state index in [0.29, 0.717) is 37.2 Å². The molecule has 31 heavy (non-hydrogen) atoms. The molecular weight excluding hydrogens is 393 g/mol. The van der Waals surface area contributed by atoms with Crippen molar-refractivity contribution in [3.8, 4) is 0 Å². The zero-order chi connectivity index (χ0) is 21.6. The van der Waals surface area contributed by atoms with Gasteiger partial charge in [0.2, 0.25) is 5.91 Å². The van der Waals surface area contributed by atoms with Crippen molar-refractivity contribution < 1.29 is 19.3 Å². The highest BCUT2D eigenvalue weighted by Crippen LogP contribution is 2.15. The van der Waals surface area contributed by atoms with Gasteiger partial charge in [-0.3, -0.25) is 14.6 Å². The van der Waals surface area contributed by atoms with Crippen LogP contribution in [0.2, 0.25) is 0 Å². The molecule has 3 N–H and O–H groups in total. The molecule has 3 aromatic rings. The maximum Gasteiger partial charge on any atom is 0.492 e. The average Bonchev–Trinajstić information content (AvgIpc) is 3.18. The van der Waals surface area contributed by atoms with E-state index in [2.05, 4.69) is 15.6 Å². The molecule has 0 spiro atoms. The molecule has 1 aliphatic heterocycles. The molecule has 0 radical (unpaired) electrons. The molecule has 1 aliphatic rings. The summed E-state index contributed by atoms with van der Waals surface area (Å²) in [6.07, 6.45) is 3.97. The van der Waals surface area contributed by atoms with Crippen LogP contribution in [0.25, 0.3) is 0 Å². The largest absolute Gasteiger partial charge is 0.492 e. The van der Waals surface area contributed by atoms with Crippen molar-refractivity contribution in [3.63, 3.8) is 0 Å². The van der Waals surface area contributed by atoms with E-state index in [4.69, 9.17) is 4.65 Å². The third kappa shape index (κ3) is 5.17. The molecule has 0 fully saturated rings. The average molecular weight is 415 g/mol. The van der Waals surface area contributed by atoms with Crippen molar-refractivity contribution in [2.75, 3.05) is 5.32 Å². The maximum absolute atomic E-state index is 12.3. The van der Waals surface area contributed by atoms with Gasteiger partial charge >= 0.3 is 7.12 Å². The normalized spacial score (nSPS) is 12.4. The van der Waals surface area contributed by atoms with Crippen molar-refractivity contribution >= 4 is 30.1 Å². The molecule has 2 amide bonds. The number of benzene rings is 2. The summed E-state index contributed by atoms with van der Waals surface area (Å²) in [5, 5.41) is 15.7. The number of carbonyl (C=O) groups is 2. The smallest absolute Gasteiger partial charge is 0.423 e. The van der Waals surface area contributed by atoms with Crippen LogP contribution in [0.15, 0.2) is 67.0 Å². The first-order valence-electron chi connectivity index (χ1n) is 10.1. The Morgan fingerprint density at radius 1 is 1.10 bits per heavy atom. The van der Waals surface area contributed by atoms with E-state index in [-0.39, 0.29) is 11.8 Å². The number of amides is 2. The molecule has 0 saturated carbocycles. The zero-order valence-electron chi connectivity index (χ0n) is 16.9. The van der Waals surface area contributed by atoms with E-state index < -0.39 is 7.12 Å². The Labute approximate surface area is 180 Å². The van der Waals surface area contributed by atoms with Gasteiger partial charge in [0.05, 0.1) is 6.61 Å². The van der Waals surface area contributed by atoms with Crippen LogP contribution in [0.4, 0.5) is 5.69 Å². The second-order valence-corrected chi connectivity index (χ2v) is 7.32.